The highest BCUT2D eigenvalue weighted by Gasteiger charge is 2.27. The molecule has 80 valence electrons. The molecule has 1 amide bonds. The molecule has 1 unspecified atom stereocenters. The van der Waals surface area contributed by atoms with Crippen molar-refractivity contribution in [1.29, 1.82) is 0 Å². The Morgan fingerprint density at radius 2 is 2.33 bits per heavy atom. The SMILES string of the molecule is Cc1cccc(CN2CC(Br)CC2=O)c1. The average Bonchev–Trinajstić information content (AvgIpc) is 2.45. The second-order valence-electron chi connectivity index (χ2n) is 4.06. The molecule has 2 nitrogen and oxygen atoms in total. The van der Waals surface area contributed by atoms with Gasteiger partial charge in [0.15, 0.2) is 0 Å². The van der Waals surface area contributed by atoms with Gasteiger partial charge in [0.05, 0.1) is 0 Å². The molecular weight excluding hydrogens is 254 g/mol. The van der Waals surface area contributed by atoms with Crippen LogP contribution in [0.2, 0.25) is 0 Å². The van der Waals surface area contributed by atoms with Gasteiger partial charge in [0.25, 0.3) is 0 Å². The predicted octanol–water partition coefficient (Wildman–Crippen LogP) is 2.49. The fourth-order valence-electron chi connectivity index (χ4n) is 1.91. The van der Waals surface area contributed by atoms with Crippen LogP contribution >= 0.6 is 15.9 Å². The standard InChI is InChI=1S/C12H14BrNO/c1-9-3-2-4-10(5-9)7-14-8-11(13)6-12(14)15/h2-5,11H,6-8H2,1H3. The lowest BCUT2D eigenvalue weighted by atomic mass is 10.1. The molecule has 1 aromatic rings. The molecule has 1 atom stereocenters. The maximum absolute atomic E-state index is 11.6. The Labute approximate surface area is 98.4 Å². The highest BCUT2D eigenvalue weighted by molar-refractivity contribution is 9.09. The molecule has 3 heteroatoms. The number of nitrogens with zero attached hydrogens (tertiary/aromatic N) is 1. The van der Waals surface area contributed by atoms with E-state index in [1.807, 2.05) is 11.0 Å². The van der Waals surface area contributed by atoms with Gasteiger partial charge in [-0.3, -0.25) is 4.79 Å². The first-order chi connectivity index (χ1) is 7.15. The van der Waals surface area contributed by atoms with Gasteiger partial charge in [-0.15, -0.1) is 0 Å². The first kappa shape index (κ1) is 10.7. The smallest absolute Gasteiger partial charge is 0.224 e. The van der Waals surface area contributed by atoms with Gasteiger partial charge in [-0.05, 0) is 12.5 Å². The normalized spacial score (nSPS) is 21.1. The summed E-state index contributed by atoms with van der Waals surface area (Å²) in [5, 5.41) is 0. The Bertz CT molecular complexity index is 378. The van der Waals surface area contributed by atoms with Crippen LogP contribution in [0.25, 0.3) is 0 Å². The van der Waals surface area contributed by atoms with Crippen molar-refractivity contribution < 1.29 is 4.79 Å². The first-order valence-electron chi connectivity index (χ1n) is 5.12. The molecule has 0 aliphatic carbocycles. The monoisotopic (exact) mass is 267 g/mol. The third-order valence-electron chi connectivity index (χ3n) is 2.62. The van der Waals surface area contributed by atoms with Crippen LogP contribution in [0.3, 0.4) is 0 Å². The third-order valence-corrected chi connectivity index (χ3v) is 3.24. The molecule has 2 rings (SSSR count). The van der Waals surface area contributed by atoms with Crippen LogP contribution in [0.5, 0.6) is 0 Å². The molecule has 0 radical (unpaired) electrons. The van der Waals surface area contributed by atoms with Crippen molar-refractivity contribution in [2.75, 3.05) is 6.54 Å². The molecule has 0 bridgehead atoms. The van der Waals surface area contributed by atoms with Crippen molar-refractivity contribution in [1.82, 2.24) is 4.90 Å². The number of rotatable bonds is 2. The summed E-state index contributed by atoms with van der Waals surface area (Å²) >= 11 is 3.48. The molecule has 1 aliphatic heterocycles. The first-order valence-corrected chi connectivity index (χ1v) is 6.04. The molecule has 0 saturated carbocycles. The van der Waals surface area contributed by atoms with E-state index in [2.05, 4.69) is 41.1 Å². The number of hydrogen-bond donors (Lipinski definition) is 0. The van der Waals surface area contributed by atoms with Crippen molar-refractivity contribution in [3.05, 3.63) is 35.4 Å². The van der Waals surface area contributed by atoms with Crippen LogP contribution in [0.15, 0.2) is 24.3 Å². The Kier molecular flexibility index (Phi) is 3.10. The zero-order valence-electron chi connectivity index (χ0n) is 8.74. The Morgan fingerprint density at radius 3 is 2.93 bits per heavy atom. The lowest BCUT2D eigenvalue weighted by Crippen LogP contribution is -2.24. The van der Waals surface area contributed by atoms with Crippen LogP contribution in [-0.4, -0.2) is 22.2 Å². The lowest BCUT2D eigenvalue weighted by Gasteiger charge is -2.15. The van der Waals surface area contributed by atoms with Crippen molar-refractivity contribution in [2.24, 2.45) is 0 Å². The molecule has 1 saturated heterocycles. The van der Waals surface area contributed by atoms with Gasteiger partial charge in [0.1, 0.15) is 0 Å². The molecular formula is C12H14BrNO. The Balaban J connectivity index is 2.06. The largest absolute Gasteiger partial charge is 0.337 e. The van der Waals surface area contributed by atoms with E-state index in [9.17, 15) is 4.79 Å². The van der Waals surface area contributed by atoms with Crippen LogP contribution < -0.4 is 0 Å². The van der Waals surface area contributed by atoms with E-state index in [-0.39, 0.29) is 5.91 Å². The fourth-order valence-corrected chi connectivity index (χ4v) is 2.53. The number of alkyl halides is 1. The number of carbonyl (C=O) groups is 1. The highest BCUT2D eigenvalue weighted by atomic mass is 79.9. The topological polar surface area (TPSA) is 20.3 Å². The maximum Gasteiger partial charge on any atom is 0.224 e. The van der Waals surface area contributed by atoms with Gasteiger partial charge in [-0.25, -0.2) is 0 Å². The van der Waals surface area contributed by atoms with Crippen molar-refractivity contribution >= 4 is 21.8 Å². The quantitative estimate of drug-likeness (QED) is 0.755. The number of likely N-dealkylation sites (tertiary alicyclic amines) is 1. The molecule has 1 heterocycles. The van der Waals surface area contributed by atoms with Gasteiger partial charge >= 0.3 is 0 Å². The number of carbonyl (C=O) groups excluding carboxylic acids is 1. The van der Waals surface area contributed by atoms with E-state index in [1.54, 1.807) is 0 Å². The highest BCUT2D eigenvalue weighted by Crippen LogP contribution is 2.20. The minimum absolute atomic E-state index is 0.249. The van der Waals surface area contributed by atoms with Crippen molar-refractivity contribution in [3.63, 3.8) is 0 Å². The Morgan fingerprint density at radius 1 is 1.53 bits per heavy atom. The fraction of sp³-hybridized carbons (Fsp3) is 0.417. The third kappa shape index (κ3) is 2.59. The van der Waals surface area contributed by atoms with Crippen LogP contribution in [0, 0.1) is 6.92 Å². The zero-order valence-corrected chi connectivity index (χ0v) is 10.3. The predicted molar refractivity (Wildman–Crippen MR) is 63.9 cm³/mol. The van der Waals surface area contributed by atoms with Gasteiger partial charge in [-0.2, -0.15) is 0 Å². The zero-order chi connectivity index (χ0) is 10.8. The maximum atomic E-state index is 11.6. The van der Waals surface area contributed by atoms with Gasteiger partial charge in [0, 0.05) is 24.3 Å². The molecule has 1 fully saturated rings. The van der Waals surface area contributed by atoms with E-state index in [0.29, 0.717) is 11.2 Å². The number of benzene rings is 1. The number of hydrogen-bond acceptors (Lipinski definition) is 1. The van der Waals surface area contributed by atoms with Gasteiger partial charge in [0.2, 0.25) is 5.91 Å². The summed E-state index contributed by atoms with van der Waals surface area (Å²) in [5.41, 5.74) is 2.46. The minimum Gasteiger partial charge on any atom is -0.337 e. The summed E-state index contributed by atoms with van der Waals surface area (Å²) in [5.74, 6) is 0.249. The van der Waals surface area contributed by atoms with Crippen molar-refractivity contribution in [2.45, 2.75) is 24.7 Å². The van der Waals surface area contributed by atoms with Gasteiger partial charge < -0.3 is 4.90 Å². The van der Waals surface area contributed by atoms with E-state index >= 15 is 0 Å². The summed E-state index contributed by atoms with van der Waals surface area (Å²) < 4.78 is 0. The molecule has 0 N–H and O–H groups in total. The number of aryl methyl sites for hydroxylation is 1. The van der Waals surface area contributed by atoms with Gasteiger partial charge in [-0.1, -0.05) is 45.8 Å². The van der Waals surface area contributed by atoms with Crippen LogP contribution in [0.4, 0.5) is 0 Å². The van der Waals surface area contributed by atoms with E-state index in [1.165, 1.54) is 11.1 Å². The second-order valence-corrected chi connectivity index (χ2v) is 5.36. The van der Waals surface area contributed by atoms with E-state index in [4.69, 9.17) is 0 Å². The van der Waals surface area contributed by atoms with Crippen molar-refractivity contribution in [3.8, 4) is 0 Å². The van der Waals surface area contributed by atoms with Crippen LogP contribution in [0.1, 0.15) is 17.5 Å². The summed E-state index contributed by atoms with van der Waals surface area (Å²) in [7, 11) is 0. The Hall–Kier alpha value is -0.830. The molecule has 0 spiro atoms. The number of halogens is 1. The minimum atomic E-state index is 0.249. The second kappa shape index (κ2) is 4.35. The summed E-state index contributed by atoms with van der Waals surface area (Å²) in [6, 6.07) is 8.32. The van der Waals surface area contributed by atoms with Crippen LogP contribution in [-0.2, 0) is 11.3 Å². The average molecular weight is 268 g/mol. The van der Waals surface area contributed by atoms with E-state index in [0.717, 1.165) is 13.1 Å². The molecule has 15 heavy (non-hydrogen) atoms. The molecule has 1 aromatic carbocycles. The molecule has 0 aromatic heterocycles. The molecule has 1 aliphatic rings. The summed E-state index contributed by atoms with van der Waals surface area (Å²) in [6.45, 7) is 3.64. The van der Waals surface area contributed by atoms with E-state index < -0.39 is 0 Å². The lowest BCUT2D eigenvalue weighted by molar-refractivity contribution is -0.128. The number of amides is 1. The summed E-state index contributed by atoms with van der Waals surface area (Å²) in [4.78, 5) is 13.8. The summed E-state index contributed by atoms with van der Waals surface area (Å²) in [6.07, 6.45) is 0.631.